The number of amides is 1. The van der Waals surface area contributed by atoms with Crippen LogP contribution in [-0.4, -0.2) is 59.6 Å². The monoisotopic (exact) mass is 304 g/mol. The van der Waals surface area contributed by atoms with Crippen molar-refractivity contribution in [1.82, 2.24) is 9.80 Å². The van der Waals surface area contributed by atoms with Crippen molar-refractivity contribution in [2.45, 2.75) is 13.0 Å². The second-order valence-corrected chi connectivity index (χ2v) is 6.67. The molecule has 2 aromatic rings. The molecule has 1 aliphatic rings. The Kier molecular flexibility index (Phi) is 4.24. The zero-order valence-electron chi connectivity index (χ0n) is 12.2. The lowest BCUT2D eigenvalue weighted by molar-refractivity contribution is 0.0558. The Morgan fingerprint density at radius 2 is 2.00 bits per heavy atom. The minimum Gasteiger partial charge on any atom is -0.392 e. The minimum absolute atomic E-state index is 0.132. The van der Waals surface area contributed by atoms with Gasteiger partial charge in [0.25, 0.3) is 5.91 Å². The van der Waals surface area contributed by atoms with Gasteiger partial charge in [0.15, 0.2) is 0 Å². The quantitative estimate of drug-likeness (QED) is 0.944. The third-order valence-corrected chi connectivity index (χ3v) is 4.92. The maximum Gasteiger partial charge on any atom is 0.264 e. The van der Waals surface area contributed by atoms with Gasteiger partial charge in [-0.2, -0.15) is 0 Å². The molecule has 112 valence electrons. The summed E-state index contributed by atoms with van der Waals surface area (Å²) in [6, 6.07) is 10.1. The topological polar surface area (TPSA) is 43.8 Å². The Morgan fingerprint density at radius 1 is 1.29 bits per heavy atom. The molecule has 0 aliphatic carbocycles. The minimum atomic E-state index is -0.310. The first-order valence-corrected chi connectivity index (χ1v) is 8.13. The van der Waals surface area contributed by atoms with Crippen molar-refractivity contribution < 1.29 is 9.90 Å². The highest BCUT2D eigenvalue weighted by molar-refractivity contribution is 7.20. The lowest BCUT2D eigenvalue weighted by Gasteiger charge is -2.35. The Hall–Kier alpha value is -1.43. The summed E-state index contributed by atoms with van der Waals surface area (Å²) in [5.41, 5.74) is 0. The van der Waals surface area contributed by atoms with Crippen molar-refractivity contribution in [3.8, 4) is 0 Å². The summed E-state index contributed by atoms with van der Waals surface area (Å²) in [6.07, 6.45) is -0.310. The van der Waals surface area contributed by atoms with Crippen molar-refractivity contribution in [3.05, 3.63) is 35.2 Å². The van der Waals surface area contributed by atoms with Crippen molar-refractivity contribution >= 4 is 27.3 Å². The van der Waals surface area contributed by atoms with Gasteiger partial charge in [-0.1, -0.05) is 18.2 Å². The van der Waals surface area contributed by atoms with E-state index in [1.807, 2.05) is 29.2 Å². The molecule has 21 heavy (non-hydrogen) atoms. The van der Waals surface area contributed by atoms with Crippen LogP contribution in [0.15, 0.2) is 30.3 Å². The van der Waals surface area contributed by atoms with Crippen LogP contribution < -0.4 is 0 Å². The maximum absolute atomic E-state index is 12.6. The van der Waals surface area contributed by atoms with Gasteiger partial charge in [0, 0.05) is 37.4 Å². The average molecular weight is 304 g/mol. The summed E-state index contributed by atoms with van der Waals surface area (Å²) in [5, 5.41) is 10.6. The molecule has 1 aromatic heterocycles. The molecule has 1 unspecified atom stereocenters. The van der Waals surface area contributed by atoms with Crippen LogP contribution >= 0.6 is 11.3 Å². The van der Waals surface area contributed by atoms with Crippen LogP contribution in [0.3, 0.4) is 0 Å². The number of benzene rings is 1. The lowest BCUT2D eigenvalue weighted by atomic mass is 10.2. The smallest absolute Gasteiger partial charge is 0.264 e. The highest BCUT2D eigenvalue weighted by atomic mass is 32.1. The Morgan fingerprint density at radius 3 is 2.67 bits per heavy atom. The molecule has 1 amide bonds. The highest BCUT2D eigenvalue weighted by Crippen LogP contribution is 2.26. The number of aliphatic hydroxyl groups excluding tert-OH is 1. The van der Waals surface area contributed by atoms with Crippen LogP contribution in [0, 0.1) is 0 Å². The van der Waals surface area contributed by atoms with Gasteiger partial charge in [-0.05, 0) is 24.4 Å². The summed E-state index contributed by atoms with van der Waals surface area (Å²) in [6.45, 7) is 5.63. The van der Waals surface area contributed by atoms with Crippen LogP contribution in [0.5, 0.6) is 0 Å². The number of carbonyl (C=O) groups is 1. The van der Waals surface area contributed by atoms with E-state index in [0.717, 1.165) is 41.1 Å². The van der Waals surface area contributed by atoms with E-state index < -0.39 is 0 Å². The standard InChI is InChI=1S/C16H20N2O2S/c1-12(19)11-17-6-8-18(9-7-17)16(20)15-10-13-4-2-3-5-14(13)21-15/h2-5,10,12,19H,6-9,11H2,1H3. The fourth-order valence-corrected chi connectivity index (χ4v) is 3.78. The van der Waals surface area contributed by atoms with Gasteiger partial charge in [-0.3, -0.25) is 9.69 Å². The van der Waals surface area contributed by atoms with Gasteiger partial charge in [0.2, 0.25) is 0 Å². The van der Waals surface area contributed by atoms with E-state index in [-0.39, 0.29) is 12.0 Å². The molecule has 2 heterocycles. The second-order valence-electron chi connectivity index (χ2n) is 5.59. The molecule has 5 heteroatoms. The van der Waals surface area contributed by atoms with E-state index in [9.17, 15) is 9.90 Å². The molecule has 0 radical (unpaired) electrons. The fraction of sp³-hybridized carbons (Fsp3) is 0.438. The number of rotatable bonds is 3. The molecule has 0 spiro atoms. The molecule has 1 aliphatic heterocycles. The molecule has 0 saturated carbocycles. The summed E-state index contributed by atoms with van der Waals surface area (Å²) in [7, 11) is 0. The third-order valence-electron chi connectivity index (χ3n) is 3.82. The van der Waals surface area contributed by atoms with Gasteiger partial charge < -0.3 is 10.0 Å². The predicted molar refractivity (Wildman–Crippen MR) is 85.8 cm³/mol. The molecule has 1 N–H and O–H groups in total. The van der Waals surface area contributed by atoms with Crippen molar-refractivity contribution in [2.75, 3.05) is 32.7 Å². The molecule has 1 aromatic carbocycles. The first-order valence-electron chi connectivity index (χ1n) is 7.32. The van der Waals surface area contributed by atoms with E-state index in [1.165, 1.54) is 0 Å². The number of nitrogens with zero attached hydrogens (tertiary/aromatic N) is 2. The number of carbonyl (C=O) groups excluding carboxylic acids is 1. The van der Waals surface area contributed by atoms with E-state index in [1.54, 1.807) is 18.3 Å². The van der Waals surface area contributed by atoms with Crippen molar-refractivity contribution in [2.24, 2.45) is 0 Å². The summed E-state index contributed by atoms with van der Waals surface area (Å²) < 4.78 is 1.16. The number of aliphatic hydroxyl groups is 1. The zero-order chi connectivity index (χ0) is 14.8. The third kappa shape index (κ3) is 3.26. The van der Waals surface area contributed by atoms with Gasteiger partial charge in [0.1, 0.15) is 0 Å². The highest BCUT2D eigenvalue weighted by Gasteiger charge is 2.23. The van der Waals surface area contributed by atoms with Gasteiger partial charge in [0.05, 0.1) is 11.0 Å². The molecular formula is C16H20N2O2S. The van der Waals surface area contributed by atoms with E-state index in [2.05, 4.69) is 11.0 Å². The van der Waals surface area contributed by atoms with E-state index >= 15 is 0 Å². The first kappa shape index (κ1) is 14.5. The Labute approximate surface area is 128 Å². The molecule has 1 fully saturated rings. The number of fused-ring (bicyclic) bond motifs is 1. The Balaban J connectivity index is 1.66. The first-order chi connectivity index (χ1) is 10.1. The molecule has 1 saturated heterocycles. The number of hydrogen-bond acceptors (Lipinski definition) is 4. The van der Waals surface area contributed by atoms with Crippen LogP contribution in [-0.2, 0) is 0 Å². The summed E-state index contributed by atoms with van der Waals surface area (Å²) in [5.74, 6) is 0.132. The number of thiophene rings is 1. The Bertz CT molecular complexity index is 597. The largest absolute Gasteiger partial charge is 0.392 e. The molecule has 0 bridgehead atoms. The van der Waals surface area contributed by atoms with Crippen LogP contribution in [0.4, 0.5) is 0 Å². The molecular weight excluding hydrogens is 284 g/mol. The van der Waals surface area contributed by atoms with Gasteiger partial charge in [-0.15, -0.1) is 11.3 Å². The van der Waals surface area contributed by atoms with Gasteiger partial charge >= 0.3 is 0 Å². The van der Waals surface area contributed by atoms with Crippen LogP contribution in [0.2, 0.25) is 0 Å². The molecule has 1 atom stereocenters. The fourth-order valence-electron chi connectivity index (χ4n) is 2.75. The van der Waals surface area contributed by atoms with Crippen molar-refractivity contribution in [3.63, 3.8) is 0 Å². The second kappa shape index (κ2) is 6.13. The van der Waals surface area contributed by atoms with Crippen LogP contribution in [0.25, 0.3) is 10.1 Å². The van der Waals surface area contributed by atoms with E-state index in [0.29, 0.717) is 6.54 Å². The molecule has 4 nitrogen and oxygen atoms in total. The zero-order valence-corrected chi connectivity index (χ0v) is 13.0. The number of piperazine rings is 1. The lowest BCUT2D eigenvalue weighted by Crippen LogP contribution is -2.50. The number of β-amino-alcohol motifs (C(OH)–C–C–N with tert-alkyl or cyclic N) is 1. The molecule has 3 rings (SSSR count). The average Bonchev–Trinajstić information content (AvgIpc) is 2.90. The van der Waals surface area contributed by atoms with Crippen molar-refractivity contribution in [1.29, 1.82) is 0 Å². The van der Waals surface area contributed by atoms with E-state index in [4.69, 9.17) is 0 Å². The predicted octanol–water partition coefficient (Wildman–Crippen LogP) is 2.04. The number of hydrogen-bond donors (Lipinski definition) is 1. The summed E-state index contributed by atoms with van der Waals surface area (Å²) in [4.78, 5) is 17.5. The normalized spacial score (nSPS) is 18.1. The van der Waals surface area contributed by atoms with Crippen LogP contribution in [0.1, 0.15) is 16.6 Å². The maximum atomic E-state index is 12.6. The van der Waals surface area contributed by atoms with Gasteiger partial charge in [-0.25, -0.2) is 0 Å². The SMILES string of the molecule is CC(O)CN1CCN(C(=O)c2cc3ccccc3s2)CC1. The summed E-state index contributed by atoms with van der Waals surface area (Å²) >= 11 is 1.57.